The van der Waals surface area contributed by atoms with Gasteiger partial charge in [-0.05, 0) is 44.4 Å². The molecule has 0 radical (unpaired) electrons. The Labute approximate surface area is 113 Å². The molecule has 104 valence electrons. The number of anilines is 1. The molecule has 0 bridgehead atoms. The lowest BCUT2D eigenvalue weighted by Gasteiger charge is -2.31. The summed E-state index contributed by atoms with van der Waals surface area (Å²) in [7, 11) is 0. The minimum atomic E-state index is -0.424. The number of primary amides is 1. The predicted octanol–water partition coefficient (Wildman–Crippen LogP) is 1.42. The lowest BCUT2D eigenvalue weighted by molar-refractivity contribution is 0.1000. The zero-order chi connectivity index (χ0) is 13.8. The van der Waals surface area contributed by atoms with E-state index in [2.05, 4.69) is 10.3 Å². The monoisotopic (exact) mass is 262 g/mol. The molecule has 1 saturated carbocycles. The molecule has 0 aromatic carbocycles. The third kappa shape index (κ3) is 3.44. The van der Waals surface area contributed by atoms with E-state index in [9.17, 15) is 4.79 Å². The van der Waals surface area contributed by atoms with Gasteiger partial charge in [-0.3, -0.25) is 4.79 Å². The number of nitrogens with zero attached hydrogens (tertiary/aromatic N) is 1. The minimum Gasteiger partial charge on any atom is -0.367 e. The molecule has 5 heteroatoms. The third-order valence-corrected chi connectivity index (χ3v) is 3.78. The average molecular weight is 262 g/mol. The van der Waals surface area contributed by atoms with Gasteiger partial charge in [-0.25, -0.2) is 4.98 Å². The minimum absolute atomic E-state index is 0.341. The molecule has 0 saturated heterocycles. The molecule has 5 nitrogen and oxygen atoms in total. The molecule has 1 aliphatic rings. The van der Waals surface area contributed by atoms with E-state index in [0.29, 0.717) is 24.1 Å². The summed E-state index contributed by atoms with van der Waals surface area (Å²) >= 11 is 0. The van der Waals surface area contributed by atoms with E-state index in [0.717, 1.165) is 24.4 Å². The number of nitrogens with two attached hydrogens (primary N) is 2. The van der Waals surface area contributed by atoms with Gasteiger partial charge in [0.1, 0.15) is 5.82 Å². The Balaban J connectivity index is 2.15. The molecule has 19 heavy (non-hydrogen) atoms. The van der Waals surface area contributed by atoms with Crippen molar-refractivity contribution in [2.75, 3.05) is 11.9 Å². The highest BCUT2D eigenvalue weighted by Gasteiger charge is 2.24. The Kier molecular flexibility index (Phi) is 4.37. The summed E-state index contributed by atoms with van der Waals surface area (Å²) in [6, 6.07) is 3.76. The highest BCUT2D eigenvalue weighted by molar-refractivity contribution is 5.93. The van der Waals surface area contributed by atoms with Crippen LogP contribution in [0.1, 0.15) is 41.7 Å². The highest BCUT2D eigenvalue weighted by atomic mass is 16.1. The van der Waals surface area contributed by atoms with Crippen molar-refractivity contribution in [3.8, 4) is 0 Å². The van der Waals surface area contributed by atoms with E-state index in [-0.39, 0.29) is 0 Å². The Morgan fingerprint density at radius 1 is 1.42 bits per heavy atom. The van der Waals surface area contributed by atoms with E-state index in [4.69, 9.17) is 11.5 Å². The number of aryl methyl sites for hydroxylation is 1. The zero-order valence-corrected chi connectivity index (χ0v) is 11.4. The van der Waals surface area contributed by atoms with Crippen LogP contribution in [0.5, 0.6) is 0 Å². The van der Waals surface area contributed by atoms with Crippen LogP contribution in [0.2, 0.25) is 0 Å². The summed E-state index contributed by atoms with van der Waals surface area (Å²) in [5.41, 5.74) is 12.4. The number of hydrogen-bond acceptors (Lipinski definition) is 4. The number of carbonyl (C=O) groups is 1. The molecule has 1 aromatic rings. The van der Waals surface area contributed by atoms with E-state index in [1.54, 1.807) is 12.1 Å². The Hall–Kier alpha value is -1.62. The fourth-order valence-corrected chi connectivity index (χ4v) is 2.75. The van der Waals surface area contributed by atoms with Gasteiger partial charge in [-0.15, -0.1) is 0 Å². The molecule has 1 heterocycles. The van der Waals surface area contributed by atoms with Gasteiger partial charge in [0.15, 0.2) is 0 Å². The molecule has 2 unspecified atom stereocenters. The highest BCUT2D eigenvalue weighted by Crippen LogP contribution is 2.26. The SMILES string of the molecule is Cc1cc(C(N)=O)cc(NC2CCCCC2CN)n1. The smallest absolute Gasteiger partial charge is 0.248 e. The third-order valence-electron chi connectivity index (χ3n) is 3.78. The van der Waals surface area contributed by atoms with Crippen molar-refractivity contribution < 1.29 is 4.79 Å². The van der Waals surface area contributed by atoms with Gasteiger partial charge in [-0.1, -0.05) is 12.8 Å². The molecular formula is C14H22N4O. The maximum atomic E-state index is 11.3. The summed E-state index contributed by atoms with van der Waals surface area (Å²) in [4.78, 5) is 15.7. The van der Waals surface area contributed by atoms with Crippen LogP contribution in [-0.4, -0.2) is 23.5 Å². The lowest BCUT2D eigenvalue weighted by atomic mass is 9.84. The first-order valence-corrected chi connectivity index (χ1v) is 6.85. The second kappa shape index (κ2) is 6.02. The number of nitrogens with one attached hydrogen (secondary N) is 1. The van der Waals surface area contributed by atoms with Crippen LogP contribution in [0, 0.1) is 12.8 Å². The van der Waals surface area contributed by atoms with Gasteiger partial charge in [0.25, 0.3) is 0 Å². The molecule has 1 fully saturated rings. The number of rotatable bonds is 4. The quantitative estimate of drug-likeness (QED) is 0.765. The molecule has 0 aliphatic heterocycles. The van der Waals surface area contributed by atoms with Crippen LogP contribution in [0.4, 0.5) is 5.82 Å². The maximum Gasteiger partial charge on any atom is 0.248 e. The normalized spacial score (nSPS) is 23.1. The number of hydrogen-bond donors (Lipinski definition) is 3. The van der Waals surface area contributed by atoms with E-state index >= 15 is 0 Å². The molecule has 2 rings (SSSR count). The fraction of sp³-hybridized carbons (Fsp3) is 0.571. The fourth-order valence-electron chi connectivity index (χ4n) is 2.75. The molecule has 1 amide bonds. The van der Waals surface area contributed by atoms with E-state index < -0.39 is 5.91 Å². The summed E-state index contributed by atoms with van der Waals surface area (Å²) < 4.78 is 0. The first kappa shape index (κ1) is 13.8. The van der Waals surface area contributed by atoms with Gasteiger partial charge < -0.3 is 16.8 Å². The molecular weight excluding hydrogens is 240 g/mol. The molecule has 2 atom stereocenters. The number of pyridine rings is 1. The number of aromatic nitrogens is 1. The van der Waals surface area contributed by atoms with Crippen molar-refractivity contribution in [3.05, 3.63) is 23.4 Å². The topological polar surface area (TPSA) is 94.0 Å². The molecule has 1 aliphatic carbocycles. The summed E-state index contributed by atoms with van der Waals surface area (Å²) in [6.07, 6.45) is 4.71. The molecule has 1 aromatic heterocycles. The van der Waals surface area contributed by atoms with Crippen molar-refractivity contribution in [2.24, 2.45) is 17.4 Å². The van der Waals surface area contributed by atoms with Crippen molar-refractivity contribution in [2.45, 2.75) is 38.6 Å². The van der Waals surface area contributed by atoms with E-state index in [1.807, 2.05) is 6.92 Å². The number of carbonyl (C=O) groups excluding carboxylic acids is 1. The zero-order valence-electron chi connectivity index (χ0n) is 11.4. The molecule has 5 N–H and O–H groups in total. The lowest BCUT2D eigenvalue weighted by Crippen LogP contribution is -2.37. The number of amides is 1. The van der Waals surface area contributed by atoms with Gasteiger partial charge in [-0.2, -0.15) is 0 Å². The summed E-state index contributed by atoms with van der Waals surface area (Å²) in [5.74, 6) is 0.778. The summed E-state index contributed by atoms with van der Waals surface area (Å²) in [5, 5.41) is 3.42. The average Bonchev–Trinajstić information content (AvgIpc) is 2.38. The Morgan fingerprint density at radius 3 is 2.84 bits per heavy atom. The largest absolute Gasteiger partial charge is 0.367 e. The molecule has 0 spiro atoms. The van der Waals surface area contributed by atoms with E-state index in [1.165, 1.54) is 12.8 Å². The van der Waals surface area contributed by atoms with Crippen LogP contribution in [0.15, 0.2) is 12.1 Å². The van der Waals surface area contributed by atoms with Crippen molar-refractivity contribution >= 4 is 11.7 Å². The Bertz CT molecular complexity index is 461. The van der Waals surface area contributed by atoms with Crippen molar-refractivity contribution in [1.82, 2.24) is 4.98 Å². The van der Waals surface area contributed by atoms with Crippen LogP contribution in [-0.2, 0) is 0 Å². The van der Waals surface area contributed by atoms with Gasteiger partial charge in [0.05, 0.1) is 0 Å². The van der Waals surface area contributed by atoms with Gasteiger partial charge >= 0.3 is 0 Å². The standard InChI is InChI=1S/C14H22N4O/c1-9-6-11(14(16)19)7-13(17-9)18-12-5-3-2-4-10(12)8-15/h6-7,10,12H,2-5,8,15H2,1H3,(H2,16,19)(H,17,18). The first-order chi connectivity index (χ1) is 9.10. The van der Waals surface area contributed by atoms with Gasteiger partial charge in [0.2, 0.25) is 5.91 Å². The van der Waals surface area contributed by atoms with Crippen LogP contribution < -0.4 is 16.8 Å². The van der Waals surface area contributed by atoms with Crippen LogP contribution >= 0.6 is 0 Å². The maximum absolute atomic E-state index is 11.3. The van der Waals surface area contributed by atoms with Crippen LogP contribution in [0.25, 0.3) is 0 Å². The Morgan fingerprint density at radius 2 is 2.16 bits per heavy atom. The van der Waals surface area contributed by atoms with Crippen molar-refractivity contribution in [3.63, 3.8) is 0 Å². The second-order valence-corrected chi connectivity index (χ2v) is 5.28. The first-order valence-electron chi connectivity index (χ1n) is 6.85. The summed E-state index contributed by atoms with van der Waals surface area (Å²) in [6.45, 7) is 2.55. The predicted molar refractivity (Wildman–Crippen MR) is 75.9 cm³/mol. The van der Waals surface area contributed by atoms with Crippen LogP contribution in [0.3, 0.4) is 0 Å². The second-order valence-electron chi connectivity index (χ2n) is 5.28. The van der Waals surface area contributed by atoms with Gasteiger partial charge in [0, 0.05) is 17.3 Å². The van der Waals surface area contributed by atoms with Crippen molar-refractivity contribution in [1.29, 1.82) is 0 Å².